The molecule has 0 atom stereocenters. The first-order valence-electron chi connectivity index (χ1n) is 8.18. The highest BCUT2D eigenvalue weighted by Crippen LogP contribution is 2.30. The monoisotopic (exact) mass is 347 g/mol. The first-order valence-corrected chi connectivity index (χ1v) is 8.56. The second-order valence-corrected chi connectivity index (χ2v) is 6.46. The number of piperidine rings is 1. The number of benzene rings is 1. The molecule has 1 aliphatic heterocycles. The lowest BCUT2D eigenvalue weighted by Gasteiger charge is -2.29. The van der Waals surface area contributed by atoms with Crippen LogP contribution >= 0.6 is 11.6 Å². The Kier molecular flexibility index (Phi) is 5.25. The molecule has 0 radical (unpaired) electrons. The van der Waals surface area contributed by atoms with E-state index in [1.54, 1.807) is 12.4 Å². The Morgan fingerprint density at radius 3 is 2.75 bits per heavy atom. The van der Waals surface area contributed by atoms with E-state index < -0.39 is 0 Å². The Morgan fingerprint density at radius 2 is 2.08 bits per heavy atom. The molecular formula is C17H22ClN5O. The summed E-state index contributed by atoms with van der Waals surface area (Å²) in [5.74, 6) is 0. The smallest absolute Gasteiger partial charge is 0.319 e. The molecule has 1 aliphatic rings. The number of rotatable bonds is 4. The summed E-state index contributed by atoms with van der Waals surface area (Å²) in [5.41, 5.74) is 2.53. The SMILES string of the molecule is Cn1cnc(CNC(=O)Nc2ccc(N3CCCCC3)c(Cl)c2)c1. The number of hydrogen-bond donors (Lipinski definition) is 2. The van der Waals surface area contributed by atoms with Gasteiger partial charge in [-0.2, -0.15) is 0 Å². The number of carbonyl (C=O) groups excluding carboxylic acids is 1. The summed E-state index contributed by atoms with van der Waals surface area (Å²) < 4.78 is 1.84. The van der Waals surface area contributed by atoms with Crippen molar-refractivity contribution in [2.45, 2.75) is 25.8 Å². The minimum Gasteiger partial charge on any atom is -0.370 e. The lowest BCUT2D eigenvalue weighted by atomic mass is 10.1. The van der Waals surface area contributed by atoms with E-state index in [-0.39, 0.29) is 6.03 Å². The van der Waals surface area contributed by atoms with Gasteiger partial charge in [0, 0.05) is 32.0 Å². The quantitative estimate of drug-likeness (QED) is 0.891. The molecule has 2 heterocycles. The second kappa shape index (κ2) is 7.57. The molecule has 3 rings (SSSR count). The molecule has 128 valence electrons. The third-order valence-electron chi connectivity index (χ3n) is 4.09. The Hall–Kier alpha value is -2.21. The Bertz CT molecular complexity index is 709. The molecule has 7 heteroatoms. The van der Waals surface area contributed by atoms with Crippen LogP contribution in [-0.2, 0) is 13.6 Å². The Labute approximate surface area is 146 Å². The molecule has 2 amide bonds. The minimum absolute atomic E-state index is 0.276. The van der Waals surface area contributed by atoms with Crippen LogP contribution in [0.1, 0.15) is 25.0 Å². The summed E-state index contributed by atoms with van der Waals surface area (Å²) in [6.07, 6.45) is 7.25. The molecule has 1 aromatic carbocycles. The van der Waals surface area contributed by atoms with Crippen molar-refractivity contribution in [1.29, 1.82) is 0 Å². The number of imidazole rings is 1. The normalized spacial score (nSPS) is 14.5. The summed E-state index contributed by atoms with van der Waals surface area (Å²) in [6, 6.07) is 5.38. The van der Waals surface area contributed by atoms with Gasteiger partial charge in [-0.05, 0) is 37.5 Å². The van der Waals surface area contributed by atoms with Gasteiger partial charge in [-0.15, -0.1) is 0 Å². The van der Waals surface area contributed by atoms with Crippen molar-refractivity contribution in [2.24, 2.45) is 7.05 Å². The van der Waals surface area contributed by atoms with Crippen molar-refractivity contribution >= 4 is 29.0 Å². The highest BCUT2D eigenvalue weighted by molar-refractivity contribution is 6.33. The minimum atomic E-state index is -0.276. The first-order chi connectivity index (χ1) is 11.6. The van der Waals surface area contributed by atoms with Gasteiger partial charge in [-0.3, -0.25) is 0 Å². The summed E-state index contributed by atoms with van der Waals surface area (Å²) >= 11 is 6.40. The topological polar surface area (TPSA) is 62.2 Å². The number of halogens is 1. The highest BCUT2D eigenvalue weighted by Gasteiger charge is 2.14. The molecule has 0 spiro atoms. The Balaban J connectivity index is 1.56. The molecule has 0 unspecified atom stereocenters. The number of carbonyl (C=O) groups is 1. The summed E-state index contributed by atoms with van der Waals surface area (Å²) in [7, 11) is 1.89. The predicted molar refractivity (Wildman–Crippen MR) is 96.6 cm³/mol. The fourth-order valence-corrected chi connectivity index (χ4v) is 3.18. The summed E-state index contributed by atoms with van der Waals surface area (Å²) in [4.78, 5) is 18.4. The molecule has 24 heavy (non-hydrogen) atoms. The van der Waals surface area contributed by atoms with Gasteiger partial charge >= 0.3 is 6.03 Å². The fraction of sp³-hybridized carbons (Fsp3) is 0.412. The van der Waals surface area contributed by atoms with Gasteiger partial charge in [0.05, 0.1) is 29.3 Å². The first kappa shape index (κ1) is 16.6. The number of nitrogens with one attached hydrogen (secondary N) is 2. The predicted octanol–water partition coefficient (Wildman–Crippen LogP) is 3.39. The van der Waals surface area contributed by atoms with Gasteiger partial charge in [-0.1, -0.05) is 11.6 Å². The molecule has 2 aromatic rings. The zero-order valence-electron chi connectivity index (χ0n) is 13.8. The zero-order chi connectivity index (χ0) is 16.9. The van der Waals surface area contributed by atoms with Crippen molar-refractivity contribution in [3.05, 3.63) is 41.4 Å². The largest absolute Gasteiger partial charge is 0.370 e. The van der Waals surface area contributed by atoms with Gasteiger partial charge < -0.3 is 20.1 Å². The van der Waals surface area contributed by atoms with Crippen LogP contribution in [0.4, 0.5) is 16.2 Å². The molecule has 0 aliphatic carbocycles. The highest BCUT2D eigenvalue weighted by atomic mass is 35.5. The van der Waals surface area contributed by atoms with Crippen LogP contribution in [0.15, 0.2) is 30.7 Å². The fourth-order valence-electron chi connectivity index (χ4n) is 2.88. The molecule has 1 aromatic heterocycles. The number of aryl methyl sites for hydroxylation is 1. The maximum absolute atomic E-state index is 12.0. The van der Waals surface area contributed by atoms with Crippen LogP contribution in [-0.4, -0.2) is 28.7 Å². The molecule has 1 saturated heterocycles. The van der Waals surface area contributed by atoms with E-state index in [0.717, 1.165) is 24.5 Å². The third-order valence-corrected chi connectivity index (χ3v) is 4.39. The van der Waals surface area contributed by atoms with E-state index in [1.165, 1.54) is 19.3 Å². The van der Waals surface area contributed by atoms with Crippen molar-refractivity contribution in [1.82, 2.24) is 14.9 Å². The third kappa shape index (κ3) is 4.20. The standard InChI is InChI=1S/C17H22ClN5O/c1-22-11-14(20-12-22)10-19-17(24)21-13-5-6-16(15(18)9-13)23-7-3-2-4-8-23/h5-6,9,11-12H,2-4,7-8,10H2,1H3,(H2,19,21,24). The van der Waals surface area contributed by atoms with Crippen molar-refractivity contribution < 1.29 is 4.79 Å². The van der Waals surface area contributed by atoms with E-state index in [0.29, 0.717) is 17.3 Å². The molecule has 0 saturated carbocycles. The number of amides is 2. The second-order valence-electron chi connectivity index (χ2n) is 6.05. The van der Waals surface area contributed by atoms with Crippen LogP contribution in [0.2, 0.25) is 5.02 Å². The number of aromatic nitrogens is 2. The van der Waals surface area contributed by atoms with E-state index >= 15 is 0 Å². The number of urea groups is 1. The van der Waals surface area contributed by atoms with Gasteiger partial charge in [0.2, 0.25) is 0 Å². The average molecular weight is 348 g/mol. The van der Waals surface area contributed by atoms with Gasteiger partial charge in [0.1, 0.15) is 0 Å². The summed E-state index contributed by atoms with van der Waals surface area (Å²) in [6.45, 7) is 2.46. The molecule has 1 fully saturated rings. The van der Waals surface area contributed by atoms with E-state index in [1.807, 2.05) is 29.9 Å². The number of hydrogen-bond acceptors (Lipinski definition) is 3. The van der Waals surface area contributed by atoms with Crippen LogP contribution in [0, 0.1) is 0 Å². The van der Waals surface area contributed by atoms with Crippen LogP contribution in [0.25, 0.3) is 0 Å². The maximum Gasteiger partial charge on any atom is 0.319 e. The molecule has 2 N–H and O–H groups in total. The van der Waals surface area contributed by atoms with Gasteiger partial charge in [0.25, 0.3) is 0 Å². The van der Waals surface area contributed by atoms with Crippen molar-refractivity contribution in [3.8, 4) is 0 Å². The maximum atomic E-state index is 12.0. The van der Waals surface area contributed by atoms with Gasteiger partial charge in [-0.25, -0.2) is 9.78 Å². The average Bonchev–Trinajstić information content (AvgIpc) is 2.99. The molecule has 6 nitrogen and oxygen atoms in total. The Morgan fingerprint density at radius 1 is 1.29 bits per heavy atom. The van der Waals surface area contributed by atoms with E-state index in [4.69, 9.17) is 11.6 Å². The molecule has 0 bridgehead atoms. The number of anilines is 2. The van der Waals surface area contributed by atoms with Crippen LogP contribution in [0.5, 0.6) is 0 Å². The zero-order valence-corrected chi connectivity index (χ0v) is 14.5. The summed E-state index contributed by atoms with van der Waals surface area (Å²) in [5, 5.41) is 6.25. The van der Waals surface area contributed by atoms with Gasteiger partial charge in [0.15, 0.2) is 0 Å². The van der Waals surface area contributed by atoms with E-state index in [9.17, 15) is 4.79 Å². The van der Waals surface area contributed by atoms with Crippen LogP contribution < -0.4 is 15.5 Å². The lowest BCUT2D eigenvalue weighted by molar-refractivity contribution is 0.251. The number of nitrogens with zero attached hydrogens (tertiary/aromatic N) is 3. The van der Waals surface area contributed by atoms with E-state index in [2.05, 4.69) is 20.5 Å². The molecular weight excluding hydrogens is 326 g/mol. The van der Waals surface area contributed by atoms with Crippen molar-refractivity contribution in [2.75, 3.05) is 23.3 Å². The lowest BCUT2D eigenvalue weighted by Crippen LogP contribution is -2.30. The van der Waals surface area contributed by atoms with Crippen LogP contribution in [0.3, 0.4) is 0 Å². The van der Waals surface area contributed by atoms with Crippen molar-refractivity contribution in [3.63, 3.8) is 0 Å².